The van der Waals surface area contributed by atoms with E-state index in [-0.39, 0.29) is 29.4 Å². The van der Waals surface area contributed by atoms with Crippen LogP contribution in [-0.2, 0) is 22.4 Å². The van der Waals surface area contributed by atoms with Crippen LogP contribution in [-0.4, -0.2) is 61.2 Å². The number of carbonyl (C=O) groups is 2. The van der Waals surface area contributed by atoms with Gasteiger partial charge in [0.25, 0.3) is 0 Å². The number of phenols is 2. The Morgan fingerprint density at radius 3 is 2.24 bits per heavy atom. The summed E-state index contributed by atoms with van der Waals surface area (Å²) < 4.78 is 10.1. The fraction of sp³-hybridized carbons (Fsp3) is 0.364. The Kier molecular flexibility index (Phi) is 7.61. The number of phenolic OH excluding ortho intramolecular Hbond substituents is 2. The van der Waals surface area contributed by atoms with Crippen LogP contribution in [0.25, 0.3) is 0 Å². The van der Waals surface area contributed by atoms with Crippen molar-refractivity contribution in [2.75, 3.05) is 34.4 Å². The molecule has 156 valence electrons. The molecule has 2 aromatic carbocycles. The van der Waals surface area contributed by atoms with E-state index >= 15 is 0 Å². The average Bonchev–Trinajstić information content (AvgIpc) is 2.71. The van der Waals surface area contributed by atoms with Gasteiger partial charge in [-0.15, -0.1) is 0 Å². The van der Waals surface area contributed by atoms with Gasteiger partial charge in [0.2, 0.25) is 5.91 Å². The van der Waals surface area contributed by atoms with E-state index in [1.54, 1.807) is 38.4 Å². The summed E-state index contributed by atoms with van der Waals surface area (Å²) >= 11 is 0. The number of methoxy groups -OCH3 is 2. The molecule has 0 spiro atoms. The molecule has 0 bridgehead atoms. The Hall–Kier alpha value is -3.06. The zero-order valence-corrected chi connectivity index (χ0v) is 17.2. The van der Waals surface area contributed by atoms with Crippen LogP contribution in [0.1, 0.15) is 34.0 Å². The monoisotopic (exact) mass is 401 g/mol. The maximum Gasteiger partial charge on any atom is 0.226 e. The first kappa shape index (κ1) is 22.2. The molecule has 2 N–H and O–H groups in total. The zero-order valence-electron chi connectivity index (χ0n) is 17.2. The van der Waals surface area contributed by atoms with E-state index in [1.165, 1.54) is 12.0 Å². The molecule has 0 saturated heterocycles. The Morgan fingerprint density at radius 2 is 1.69 bits per heavy atom. The van der Waals surface area contributed by atoms with Gasteiger partial charge < -0.3 is 24.6 Å². The third-order valence-electron chi connectivity index (χ3n) is 4.82. The SMILES string of the molecule is CCc1c(O)cc(O)c(C(=O)c2ccc(OC)cc2)c1CC(=O)N(C)CCOC. The van der Waals surface area contributed by atoms with Crippen LogP contribution in [0.5, 0.6) is 17.2 Å². The van der Waals surface area contributed by atoms with Crippen LogP contribution in [0, 0.1) is 0 Å². The quantitative estimate of drug-likeness (QED) is 0.627. The molecule has 0 fully saturated rings. The summed E-state index contributed by atoms with van der Waals surface area (Å²) in [6.45, 7) is 2.59. The molecule has 2 rings (SSSR count). The third kappa shape index (κ3) is 5.06. The van der Waals surface area contributed by atoms with Gasteiger partial charge in [0, 0.05) is 32.3 Å². The number of ether oxygens (including phenoxy) is 2. The third-order valence-corrected chi connectivity index (χ3v) is 4.82. The number of aromatic hydroxyl groups is 2. The van der Waals surface area contributed by atoms with E-state index in [0.29, 0.717) is 42.0 Å². The van der Waals surface area contributed by atoms with Gasteiger partial charge in [0.15, 0.2) is 5.78 Å². The molecule has 1 amide bonds. The Bertz CT molecular complexity index is 876. The zero-order chi connectivity index (χ0) is 21.6. The summed E-state index contributed by atoms with van der Waals surface area (Å²) in [6.07, 6.45) is 0.280. The van der Waals surface area contributed by atoms with Gasteiger partial charge in [-0.05, 0) is 41.8 Å². The number of nitrogens with zero attached hydrogens (tertiary/aromatic N) is 1. The molecule has 0 aliphatic rings. The summed E-state index contributed by atoms with van der Waals surface area (Å²) in [5, 5.41) is 20.7. The Balaban J connectivity index is 2.50. The van der Waals surface area contributed by atoms with Crippen molar-refractivity contribution >= 4 is 11.7 Å². The van der Waals surface area contributed by atoms with Crippen LogP contribution < -0.4 is 4.74 Å². The number of amides is 1. The van der Waals surface area contributed by atoms with E-state index in [9.17, 15) is 19.8 Å². The second-order valence-electron chi connectivity index (χ2n) is 6.64. The summed E-state index contributed by atoms with van der Waals surface area (Å²) in [5.74, 6) is -0.574. The number of likely N-dealkylation sites (N-methyl/N-ethyl adjacent to an activating group) is 1. The highest BCUT2D eigenvalue weighted by molar-refractivity contribution is 6.12. The highest BCUT2D eigenvalue weighted by Gasteiger charge is 2.25. The van der Waals surface area contributed by atoms with Gasteiger partial charge in [-0.1, -0.05) is 6.92 Å². The van der Waals surface area contributed by atoms with Crippen molar-refractivity contribution in [3.63, 3.8) is 0 Å². The molecule has 0 atom stereocenters. The molecule has 0 radical (unpaired) electrons. The van der Waals surface area contributed by atoms with Crippen molar-refractivity contribution in [3.8, 4) is 17.2 Å². The Labute approximate surface area is 170 Å². The lowest BCUT2D eigenvalue weighted by molar-refractivity contribution is -0.129. The van der Waals surface area contributed by atoms with E-state index in [0.717, 1.165) is 6.07 Å². The predicted molar refractivity (Wildman–Crippen MR) is 109 cm³/mol. The number of ketones is 1. The minimum absolute atomic E-state index is 0.0262. The fourth-order valence-electron chi connectivity index (χ4n) is 3.12. The van der Waals surface area contributed by atoms with Crippen LogP contribution in [0.2, 0.25) is 0 Å². The molecule has 2 aromatic rings. The summed E-state index contributed by atoms with van der Waals surface area (Å²) in [5.41, 5.74) is 1.17. The van der Waals surface area contributed by atoms with Crippen LogP contribution in [0.3, 0.4) is 0 Å². The smallest absolute Gasteiger partial charge is 0.226 e. The van der Waals surface area contributed by atoms with Crippen molar-refractivity contribution in [2.24, 2.45) is 0 Å². The molecular weight excluding hydrogens is 374 g/mol. The van der Waals surface area contributed by atoms with Crippen molar-refractivity contribution in [3.05, 3.63) is 52.6 Å². The first-order chi connectivity index (χ1) is 13.8. The minimum Gasteiger partial charge on any atom is -0.508 e. The standard InChI is InChI=1S/C22H27NO6/c1-5-16-17(12-20(26)23(2)10-11-28-3)21(19(25)13-18(16)24)22(27)14-6-8-15(29-4)9-7-14/h6-9,13,24-25H,5,10-12H2,1-4H3. The van der Waals surface area contributed by atoms with E-state index < -0.39 is 5.78 Å². The van der Waals surface area contributed by atoms with E-state index in [1.807, 2.05) is 6.92 Å². The minimum atomic E-state index is -0.429. The molecule has 0 aliphatic carbocycles. The largest absolute Gasteiger partial charge is 0.508 e. The van der Waals surface area contributed by atoms with Crippen molar-refractivity contribution in [2.45, 2.75) is 19.8 Å². The van der Waals surface area contributed by atoms with Crippen LogP contribution >= 0.6 is 0 Å². The van der Waals surface area contributed by atoms with Gasteiger partial charge in [-0.25, -0.2) is 0 Å². The second-order valence-corrected chi connectivity index (χ2v) is 6.64. The number of rotatable bonds is 9. The topological polar surface area (TPSA) is 96.3 Å². The molecule has 0 saturated carbocycles. The first-order valence-electron chi connectivity index (χ1n) is 9.32. The summed E-state index contributed by atoms with van der Waals surface area (Å²) in [7, 11) is 4.72. The summed E-state index contributed by atoms with van der Waals surface area (Å²) in [4.78, 5) is 27.3. The lowest BCUT2D eigenvalue weighted by atomic mass is 9.89. The number of carbonyl (C=O) groups excluding carboxylic acids is 2. The van der Waals surface area contributed by atoms with Gasteiger partial charge in [-0.3, -0.25) is 9.59 Å². The summed E-state index contributed by atoms with van der Waals surface area (Å²) in [6, 6.07) is 7.63. The van der Waals surface area contributed by atoms with Gasteiger partial charge >= 0.3 is 0 Å². The number of benzene rings is 2. The van der Waals surface area contributed by atoms with Crippen LogP contribution in [0.4, 0.5) is 0 Å². The van der Waals surface area contributed by atoms with Crippen molar-refractivity contribution in [1.29, 1.82) is 0 Å². The Morgan fingerprint density at radius 1 is 1.03 bits per heavy atom. The first-order valence-corrected chi connectivity index (χ1v) is 9.32. The van der Waals surface area contributed by atoms with E-state index in [2.05, 4.69) is 0 Å². The molecule has 7 nitrogen and oxygen atoms in total. The molecule has 0 aliphatic heterocycles. The average molecular weight is 401 g/mol. The maximum absolute atomic E-state index is 13.2. The number of hydrogen-bond donors (Lipinski definition) is 2. The fourth-order valence-corrected chi connectivity index (χ4v) is 3.12. The van der Waals surface area contributed by atoms with Crippen LogP contribution in [0.15, 0.2) is 30.3 Å². The van der Waals surface area contributed by atoms with Crippen molar-refractivity contribution < 1.29 is 29.3 Å². The normalized spacial score (nSPS) is 10.6. The molecule has 29 heavy (non-hydrogen) atoms. The van der Waals surface area contributed by atoms with Gasteiger partial charge in [-0.2, -0.15) is 0 Å². The highest BCUT2D eigenvalue weighted by atomic mass is 16.5. The second kappa shape index (κ2) is 9.93. The molecule has 0 aromatic heterocycles. The molecule has 7 heteroatoms. The number of hydrogen-bond acceptors (Lipinski definition) is 6. The highest BCUT2D eigenvalue weighted by Crippen LogP contribution is 2.35. The molecular formula is C22H27NO6. The lowest BCUT2D eigenvalue weighted by Gasteiger charge is -2.20. The van der Waals surface area contributed by atoms with Crippen molar-refractivity contribution in [1.82, 2.24) is 4.90 Å². The lowest BCUT2D eigenvalue weighted by Crippen LogP contribution is -2.32. The predicted octanol–water partition coefficient (Wildman–Crippen LogP) is 2.55. The van der Waals surface area contributed by atoms with Gasteiger partial charge in [0.1, 0.15) is 17.2 Å². The van der Waals surface area contributed by atoms with E-state index in [4.69, 9.17) is 9.47 Å². The molecule has 0 heterocycles. The van der Waals surface area contributed by atoms with Gasteiger partial charge in [0.05, 0.1) is 25.7 Å². The maximum atomic E-state index is 13.2. The molecule has 0 unspecified atom stereocenters.